The van der Waals surface area contributed by atoms with Gasteiger partial charge in [-0.3, -0.25) is 4.98 Å². The van der Waals surface area contributed by atoms with Crippen molar-refractivity contribution in [1.29, 1.82) is 0 Å². The Hall–Kier alpha value is -1.13. The van der Waals surface area contributed by atoms with Gasteiger partial charge in [0, 0.05) is 50.4 Å². The number of nitrogens with zero attached hydrogens (tertiary/aromatic N) is 2. The number of hydrogen-bond acceptors (Lipinski definition) is 4. The SMILES string of the molecule is CCN(CCOC)c1ccncc1CNCC(C)C. The molecular weight excluding hydrogens is 238 g/mol. The second-order valence-corrected chi connectivity index (χ2v) is 5.10. The van der Waals surface area contributed by atoms with Crippen molar-refractivity contribution in [2.75, 3.05) is 38.3 Å². The maximum atomic E-state index is 5.18. The summed E-state index contributed by atoms with van der Waals surface area (Å²) in [7, 11) is 1.74. The van der Waals surface area contributed by atoms with Crippen LogP contribution in [0.5, 0.6) is 0 Å². The van der Waals surface area contributed by atoms with E-state index in [9.17, 15) is 0 Å². The van der Waals surface area contributed by atoms with Crippen LogP contribution in [0.15, 0.2) is 18.5 Å². The van der Waals surface area contributed by atoms with Gasteiger partial charge in [0.2, 0.25) is 0 Å². The van der Waals surface area contributed by atoms with E-state index in [4.69, 9.17) is 4.74 Å². The van der Waals surface area contributed by atoms with Crippen LogP contribution in [0.3, 0.4) is 0 Å². The van der Waals surface area contributed by atoms with Crippen molar-refractivity contribution >= 4 is 5.69 Å². The first-order valence-electron chi connectivity index (χ1n) is 7.06. The van der Waals surface area contributed by atoms with Crippen LogP contribution in [0.1, 0.15) is 26.3 Å². The largest absolute Gasteiger partial charge is 0.383 e. The molecule has 0 aliphatic carbocycles. The van der Waals surface area contributed by atoms with Crippen LogP contribution in [0.2, 0.25) is 0 Å². The summed E-state index contributed by atoms with van der Waals surface area (Å²) in [5.41, 5.74) is 2.51. The molecule has 0 bridgehead atoms. The maximum absolute atomic E-state index is 5.18. The molecule has 0 amide bonds. The summed E-state index contributed by atoms with van der Waals surface area (Å²) < 4.78 is 5.18. The predicted octanol–water partition coefficient (Wildman–Crippen LogP) is 2.30. The standard InChI is InChI=1S/C15H27N3O/c1-5-18(8-9-19-4)15-6-7-16-11-14(15)12-17-10-13(2)3/h6-7,11,13,17H,5,8-10,12H2,1-4H3. The molecule has 1 aromatic heterocycles. The first-order chi connectivity index (χ1) is 9.19. The van der Waals surface area contributed by atoms with Crippen LogP contribution in [-0.2, 0) is 11.3 Å². The Morgan fingerprint density at radius 1 is 1.42 bits per heavy atom. The van der Waals surface area contributed by atoms with Gasteiger partial charge >= 0.3 is 0 Å². The van der Waals surface area contributed by atoms with Crippen molar-refractivity contribution in [1.82, 2.24) is 10.3 Å². The molecule has 0 aromatic carbocycles. The van der Waals surface area contributed by atoms with E-state index in [1.165, 1.54) is 11.3 Å². The lowest BCUT2D eigenvalue weighted by Crippen LogP contribution is -2.29. The van der Waals surface area contributed by atoms with Crippen molar-refractivity contribution in [2.24, 2.45) is 5.92 Å². The lowest BCUT2D eigenvalue weighted by atomic mass is 10.2. The molecule has 0 aliphatic rings. The van der Waals surface area contributed by atoms with Crippen LogP contribution in [0.4, 0.5) is 5.69 Å². The molecule has 1 rings (SSSR count). The smallest absolute Gasteiger partial charge is 0.0637 e. The third-order valence-electron chi connectivity index (χ3n) is 3.03. The molecule has 1 heterocycles. The summed E-state index contributed by atoms with van der Waals surface area (Å²) in [4.78, 5) is 6.57. The Morgan fingerprint density at radius 3 is 2.84 bits per heavy atom. The van der Waals surface area contributed by atoms with Gasteiger partial charge in [-0.15, -0.1) is 0 Å². The maximum Gasteiger partial charge on any atom is 0.0637 e. The van der Waals surface area contributed by atoms with E-state index in [2.05, 4.69) is 42.0 Å². The lowest BCUT2D eigenvalue weighted by molar-refractivity contribution is 0.205. The van der Waals surface area contributed by atoms with Gasteiger partial charge in [0.15, 0.2) is 0 Å². The van der Waals surface area contributed by atoms with Crippen molar-refractivity contribution in [3.63, 3.8) is 0 Å². The summed E-state index contributed by atoms with van der Waals surface area (Å²) in [5.74, 6) is 0.663. The average molecular weight is 265 g/mol. The van der Waals surface area contributed by atoms with E-state index in [0.717, 1.165) is 32.8 Å². The molecular formula is C15H27N3O. The quantitative estimate of drug-likeness (QED) is 0.743. The molecule has 0 unspecified atom stereocenters. The summed E-state index contributed by atoms with van der Waals surface area (Å²) in [6.45, 7) is 11.1. The number of methoxy groups -OCH3 is 1. The molecule has 19 heavy (non-hydrogen) atoms. The van der Waals surface area contributed by atoms with Gasteiger partial charge in [-0.1, -0.05) is 13.8 Å². The molecule has 0 atom stereocenters. The number of rotatable bonds is 9. The minimum absolute atomic E-state index is 0.663. The van der Waals surface area contributed by atoms with Crippen LogP contribution < -0.4 is 10.2 Å². The lowest BCUT2D eigenvalue weighted by Gasteiger charge is -2.25. The summed E-state index contributed by atoms with van der Waals surface area (Å²) in [6, 6.07) is 2.09. The number of hydrogen-bond donors (Lipinski definition) is 1. The van der Waals surface area contributed by atoms with Crippen LogP contribution in [-0.4, -0.2) is 38.3 Å². The number of anilines is 1. The highest BCUT2D eigenvalue weighted by Crippen LogP contribution is 2.18. The molecule has 0 aliphatic heterocycles. The fourth-order valence-corrected chi connectivity index (χ4v) is 2.01. The Bertz CT molecular complexity index is 355. The van der Waals surface area contributed by atoms with Gasteiger partial charge in [-0.25, -0.2) is 0 Å². The van der Waals surface area contributed by atoms with Gasteiger partial charge in [0.05, 0.1) is 6.61 Å². The van der Waals surface area contributed by atoms with Crippen molar-refractivity contribution in [2.45, 2.75) is 27.3 Å². The molecule has 0 radical (unpaired) electrons. The molecule has 4 heteroatoms. The minimum Gasteiger partial charge on any atom is -0.383 e. The number of ether oxygens (including phenoxy) is 1. The van der Waals surface area contributed by atoms with Gasteiger partial charge in [0.25, 0.3) is 0 Å². The zero-order valence-electron chi connectivity index (χ0n) is 12.6. The van der Waals surface area contributed by atoms with Crippen molar-refractivity contribution in [3.05, 3.63) is 24.0 Å². The third kappa shape index (κ3) is 5.57. The Kier molecular flexibility index (Phi) is 7.45. The highest BCUT2D eigenvalue weighted by atomic mass is 16.5. The van der Waals surface area contributed by atoms with Gasteiger partial charge in [-0.05, 0) is 25.5 Å². The second-order valence-electron chi connectivity index (χ2n) is 5.10. The zero-order chi connectivity index (χ0) is 14.1. The van der Waals surface area contributed by atoms with Crippen LogP contribution in [0.25, 0.3) is 0 Å². The van der Waals surface area contributed by atoms with Crippen LogP contribution in [0, 0.1) is 5.92 Å². The number of likely N-dealkylation sites (N-methyl/N-ethyl adjacent to an activating group) is 1. The van der Waals surface area contributed by atoms with E-state index >= 15 is 0 Å². The van der Waals surface area contributed by atoms with Gasteiger partial charge < -0.3 is 15.0 Å². The minimum atomic E-state index is 0.663. The van der Waals surface area contributed by atoms with E-state index in [0.29, 0.717) is 5.92 Å². The molecule has 0 fully saturated rings. The molecule has 108 valence electrons. The highest BCUT2D eigenvalue weighted by Gasteiger charge is 2.09. The molecule has 0 saturated heterocycles. The van der Waals surface area contributed by atoms with E-state index < -0.39 is 0 Å². The fraction of sp³-hybridized carbons (Fsp3) is 0.667. The zero-order valence-corrected chi connectivity index (χ0v) is 12.6. The summed E-state index contributed by atoms with van der Waals surface area (Å²) in [6.07, 6.45) is 3.81. The summed E-state index contributed by atoms with van der Waals surface area (Å²) in [5, 5.41) is 3.48. The molecule has 1 aromatic rings. The van der Waals surface area contributed by atoms with Crippen molar-refractivity contribution in [3.8, 4) is 0 Å². The van der Waals surface area contributed by atoms with Crippen LogP contribution >= 0.6 is 0 Å². The second kappa shape index (κ2) is 8.88. The Balaban J connectivity index is 2.69. The topological polar surface area (TPSA) is 37.4 Å². The Labute approximate surface area is 117 Å². The number of nitrogens with one attached hydrogen (secondary N) is 1. The fourth-order valence-electron chi connectivity index (χ4n) is 2.01. The van der Waals surface area contributed by atoms with E-state index in [1.807, 2.05) is 12.4 Å². The van der Waals surface area contributed by atoms with E-state index in [1.54, 1.807) is 7.11 Å². The molecule has 1 N–H and O–H groups in total. The predicted molar refractivity (Wildman–Crippen MR) is 80.5 cm³/mol. The Morgan fingerprint density at radius 2 is 2.21 bits per heavy atom. The van der Waals surface area contributed by atoms with Gasteiger partial charge in [0.1, 0.15) is 0 Å². The molecule has 0 saturated carbocycles. The first-order valence-corrected chi connectivity index (χ1v) is 7.06. The first kappa shape index (κ1) is 15.9. The monoisotopic (exact) mass is 265 g/mol. The number of aromatic nitrogens is 1. The van der Waals surface area contributed by atoms with E-state index in [-0.39, 0.29) is 0 Å². The van der Waals surface area contributed by atoms with Crippen molar-refractivity contribution < 1.29 is 4.74 Å². The third-order valence-corrected chi connectivity index (χ3v) is 3.03. The molecule has 0 spiro atoms. The molecule has 4 nitrogen and oxygen atoms in total. The summed E-state index contributed by atoms with van der Waals surface area (Å²) >= 11 is 0. The normalized spacial score (nSPS) is 11.0. The van der Waals surface area contributed by atoms with Gasteiger partial charge in [-0.2, -0.15) is 0 Å². The highest BCUT2D eigenvalue weighted by molar-refractivity contribution is 5.52. The number of pyridine rings is 1. The average Bonchev–Trinajstić information content (AvgIpc) is 2.40.